The van der Waals surface area contributed by atoms with Crippen molar-refractivity contribution in [3.05, 3.63) is 18.1 Å². The summed E-state index contributed by atoms with van der Waals surface area (Å²) in [5.74, 6) is 1.38. The Bertz CT molecular complexity index is 598. The molecule has 6 nitrogen and oxygen atoms in total. The van der Waals surface area contributed by atoms with Gasteiger partial charge < -0.3 is 14.5 Å². The number of morpholine rings is 1. The van der Waals surface area contributed by atoms with E-state index in [-0.39, 0.29) is 11.4 Å². The van der Waals surface area contributed by atoms with Crippen molar-refractivity contribution in [1.29, 1.82) is 0 Å². The highest BCUT2D eigenvalue weighted by atomic mass is 16.5. The van der Waals surface area contributed by atoms with Crippen molar-refractivity contribution in [2.75, 3.05) is 37.7 Å². The maximum atomic E-state index is 13.1. The average Bonchev–Trinajstić information content (AvgIpc) is 3.31. The number of ether oxygens (including phenoxy) is 1. The second kappa shape index (κ2) is 5.74. The van der Waals surface area contributed by atoms with Gasteiger partial charge >= 0.3 is 0 Å². The van der Waals surface area contributed by atoms with E-state index < -0.39 is 0 Å². The molecule has 4 rings (SSSR count). The minimum Gasteiger partial charge on any atom is -0.377 e. The molecule has 0 radical (unpaired) electrons. The van der Waals surface area contributed by atoms with Crippen LogP contribution in [0.3, 0.4) is 0 Å². The van der Waals surface area contributed by atoms with Crippen LogP contribution in [0, 0.1) is 5.92 Å². The van der Waals surface area contributed by atoms with E-state index in [2.05, 4.69) is 21.8 Å². The maximum absolute atomic E-state index is 13.1. The molecule has 2 saturated heterocycles. The van der Waals surface area contributed by atoms with E-state index >= 15 is 0 Å². The molecular weight excluding hydrogens is 292 g/mol. The molecule has 1 amide bonds. The third-order valence-corrected chi connectivity index (χ3v) is 5.44. The highest BCUT2D eigenvalue weighted by Crippen LogP contribution is 2.44. The smallest absolute Gasteiger partial charge is 0.274 e. The molecule has 6 heteroatoms. The van der Waals surface area contributed by atoms with E-state index in [0.717, 1.165) is 18.9 Å². The van der Waals surface area contributed by atoms with Crippen LogP contribution in [-0.2, 0) is 4.74 Å². The van der Waals surface area contributed by atoms with Crippen molar-refractivity contribution in [3.63, 3.8) is 0 Å². The van der Waals surface area contributed by atoms with Gasteiger partial charge in [-0.15, -0.1) is 0 Å². The summed E-state index contributed by atoms with van der Waals surface area (Å²) >= 11 is 0. The zero-order valence-corrected chi connectivity index (χ0v) is 13.7. The SMILES string of the molecule is CC1(C2CC2)COCCN1C(=O)c1cncc(N2CCCC2)n1. The van der Waals surface area contributed by atoms with Gasteiger partial charge in [0.2, 0.25) is 0 Å². The molecule has 1 saturated carbocycles. The largest absolute Gasteiger partial charge is 0.377 e. The third kappa shape index (κ3) is 2.69. The first kappa shape index (κ1) is 14.9. The molecule has 3 aliphatic rings. The van der Waals surface area contributed by atoms with Crippen LogP contribution in [0.15, 0.2) is 12.4 Å². The number of anilines is 1. The molecule has 0 spiro atoms. The molecule has 23 heavy (non-hydrogen) atoms. The van der Waals surface area contributed by atoms with Crippen LogP contribution >= 0.6 is 0 Å². The minimum atomic E-state index is -0.194. The Morgan fingerprint density at radius 1 is 1.26 bits per heavy atom. The summed E-state index contributed by atoms with van der Waals surface area (Å²) in [6, 6.07) is 0. The zero-order chi connectivity index (χ0) is 15.9. The van der Waals surface area contributed by atoms with Crippen molar-refractivity contribution in [1.82, 2.24) is 14.9 Å². The first-order valence-electron chi connectivity index (χ1n) is 8.65. The molecule has 1 aromatic rings. The van der Waals surface area contributed by atoms with Crippen LogP contribution in [-0.4, -0.2) is 59.2 Å². The van der Waals surface area contributed by atoms with Crippen molar-refractivity contribution in [2.45, 2.75) is 38.1 Å². The quantitative estimate of drug-likeness (QED) is 0.850. The molecule has 3 fully saturated rings. The third-order valence-electron chi connectivity index (χ3n) is 5.44. The number of aromatic nitrogens is 2. The molecule has 0 aromatic carbocycles. The van der Waals surface area contributed by atoms with Crippen molar-refractivity contribution < 1.29 is 9.53 Å². The van der Waals surface area contributed by atoms with Crippen LogP contribution in [0.1, 0.15) is 43.1 Å². The highest BCUT2D eigenvalue weighted by Gasteiger charge is 2.49. The Balaban J connectivity index is 1.59. The van der Waals surface area contributed by atoms with Gasteiger partial charge in [0.05, 0.1) is 31.1 Å². The predicted molar refractivity (Wildman–Crippen MR) is 86.5 cm³/mol. The van der Waals surface area contributed by atoms with E-state index in [1.165, 1.54) is 25.7 Å². The summed E-state index contributed by atoms with van der Waals surface area (Å²) in [5.41, 5.74) is 0.267. The number of nitrogens with zero attached hydrogens (tertiary/aromatic N) is 4. The molecule has 1 aromatic heterocycles. The molecule has 0 bridgehead atoms. The van der Waals surface area contributed by atoms with E-state index in [1.54, 1.807) is 12.4 Å². The Morgan fingerprint density at radius 3 is 2.78 bits per heavy atom. The fraction of sp³-hybridized carbons (Fsp3) is 0.706. The first-order chi connectivity index (χ1) is 11.2. The maximum Gasteiger partial charge on any atom is 0.274 e. The zero-order valence-electron chi connectivity index (χ0n) is 13.7. The van der Waals surface area contributed by atoms with Crippen LogP contribution in [0.2, 0.25) is 0 Å². The van der Waals surface area contributed by atoms with Gasteiger partial charge in [0.15, 0.2) is 0 Å². The molecule has 1 aliphatic carbocycles. The van der Waals surface area contributed by atoms with Crippen LogP contribution in [0.5, 0.6) is 0 Å². The number of amides is 1. The summed E-state index contributed by atoms with van der Waals surface area (Å²) in [6.45, 7) is 6.03. The summed E-state index contributed by atoms with van der Waals surface area (Å²) < 4.78 is 5.67. The molecule has 2 aliphatic heterocycles. The topological polar surface area (TPSA) is 58.6 Å². The van der Waals surface area contributed by atoms with Crippen molar-refractivity contribution in [3.8, 4) is 0 Å². The van der Waals surface area contributed by atoms with E-state index in [4.69, 9.17) is 4.74 Å². The second-order valence-electron chi connectivity index (χ2n) is 7.10. The van der Waals surface area contributed by atoms with Crippen LogP contribution in [0.25, 0.3) is 0 Å². The number of carbonyl (C=O) groups is 1. The Morgan fingerprint density at radius 2 is 2.04 bits per heavy atom. The lowest BCUT2D eigenvalue weighted by Gasteiger charge is -2.45. The van der Waals surface area contributed by atoms with Crippen molar-refractivity contribution in [2.24, 2.45) is 5.92 Å². The van der Waals surface area contributed by atoms with Gasteiger partial charge in [0.25, 0.3) is 5.91 Å². The monoisotopic (exact) mass is 316 g/mol. The predicted octanol–water partition coefficient (Wildman–Crippen LogP) is 1.72. The van der Waals surface area contributed by atoms with E-state index in [1.807, 2.05) is 4.90 Å². The lowest BCUT2D eigenvalue weighted by Crippen LogP contribution is -2.58. The van der Waals surface area contributed by atoms with Crippen LogP contribution in [0.4, 0.5) is 5.82 Å². The van der Waals surface area contributed by atoms with Gasteiger partial charge in [-0.25, -0.2) is 4.98 Å². The summed E-state index contributed by atoms with van der Waals surface area (Å²) in [7, 11) is 0. The molecule has 0 N–H and O–H groups in total. The molecular formula is C17H24N4O2. The molecule has 1 unspecified atom stereocenters. The Kier molecular flexibility index (Phi) is 3.71. The van der Waals surface area contributed by atoms with Crippen LogP contribution < -0.4 is 4.90 Å². The van der Waals surface area contributed by atoms with Gasteiger partial charge in [-0.1, -0.05) is 0 Å². The number of rotatable bonds is 3. The number of carbonyl (C=O) groups excluding carboxylic acids is 1. The molecule has 1 atom stereocenters. The number of hydrogen-bond acceptors (Lipinski definition) is 5. The summed E-state index contributed by atoms with van der Waals surface area (Å²) in [6.07, 6.45) is 8.10. The Hall–Kier alpha value is -1.69. The van der Waals surface area contributed by atoms with Gasteiger partial charge in [0, 0.05) is 19.6 Å². The lowest BCUT2D eigenvalue weighted by molar-refractivity contribution is -0.0549. The molecule has 3 heterocycles. The number of hydrogen-bond donors (Lipinski definition) is 0. The van der Waals surface area contributed by atoms with Gasteiger partial charge in [-0.3, -0.25) is 9.78 Å². The minimum absolute atomic E-state index is 0.00348. The Labute approximate surface area is 136 Å². The molecule has 124 valence electrons. The highest BCUT2D eigenvalue weighted by molar-refractivity contribution is 5.93. The van der Waals surface area contributed by atoms with Gasteiger partial charge in [-0.2, -0.15) is 0 Å². The summed E-state index contributed by atoms with van der Waals surface area (Å²) in [5, 5.41) is 0. The van der Waals surface area contributed by atoms with Gasteiger partial charge in [-0.05, 0) is 38.5 Å². The fourth-order valence-corrected chi connectivity index (χ4v) is 3.84. The first-order valence-corrected chi connectivity index (χ1v) is 8.65. The summed E-state index contributed by atoms with van der Waals surface area (Å²) in [4.78, 5) is 26.1. The van der Waals surface area contributed by atoms with Gasteiger partial charge in [0.1, 0.15) is 11.5 Å². The van der Waals surface area contributed by atoms with E-state index in [9.17, 15) is 4.79 Å². The standard InChI is InChI=1S/C17H24N4O2/c1-17(13-4-5-13)12-23-9-8-21(17)16(22)14-10-18-11-15(19-14)20-6-2-3-7-20/h10-11,13H,2-9,12H2,1H3. The van der Waals surface area contributed by atoms with E-state index in [0.29, 0.717) is 31.4 Å². The average molecular weight is 316 g/mol. The van der Waals surface area contributed by atoms with Crippen molar-refractivity contribution >= 4 is 11.7 Å². The second-order valence-corrected chi connectivity index (χ2v) is 7.10. The lowest BCUT2D eigenvalue weighted by atomic mass is 9.92. The normalized spacial score (nSPS) is 28.2. The fourth-order valence-electron chi connectivity index (χ4n) is 3.84.